The van der Waals surface area contributed by atoms with E-state index in [1.165, 1.54) is 11.3 Å². The minimum absolute atomic E-state index is 0.274. The molecule has 0 heterocycles. The van der Waals surface area contributed by atoms with Gasteiger partial charge in [0.05, 0.1) is 0 Å². The van der Waals surface area contributed by atoms with Crippen LogP contribution in [0.3, 0.4) is 0 Å². The standard InChI is InChI=1S/C28H29NO/c1-29(2)27-20-18-23(19-21-27)12-10-11-17-26(24-13-8-5-9-14-24)22-28(30)25-15-6-3-4-7-16-25/h3,5-10,12-22,30H,4,11H2,1-2H3/b12-10+,26-17+,28-22-. The van der Waals surface area contributed by atoms with Crippen molar-refractivity contribution in [2.75, 3.05) is 19.0 Å². The zero-order valence-electron chi connectivity index (χ0n) is 17.7. The van der Waals surface area contributed by atoms with Gasteiger partial charge >= 0.3 is 0 Å². The van der Waals surface area contributed by atoms with Gasteiger partial charge in [-0.1, -0.05) is 91.1 Å². The molecule has 2 heteroatoms. The van der Waals surface area contributed by atoms with E-state index in [2.05, 4.69) is 71.7 Å². The maximum absolute atomic E-state index is 10.7. The summed E-state index contributed by atoms with van der Waals surface area (Å²) in [5, 5.41) is 10.7. The molecule has 30 heavy (non-hydrogen) atoms. The van der Waals surface area contributed by atoms with Crippen molar-refractivity contribution in [2.45, 2.75) is 12.8 Å². The third kappa shape index (κ3) is 6.25. The van der Waals surface area contributed by atoms with Crippen LogP contribution >= 0.6 is 0 Å². The van der Waals surface area contributed by atoms with E-state index in [4.69, 9.17) is 0 Å². The Hall–Kier alpha value is -3.52. The van der Waals surface area contributed by atoms with Gasteiger partial charge in [-0.25, -0.2) is 0 Å². The summed E-state index contributed by atoms with van der Waals surface area (Å²) in [6.07, 6.45) is 19.9. The lowest BCUT2D eigenvalue weighted by atomic mass is 10.0. The molecule has 0 atom stereocenters. The van der Waals surface area contributed by atoms with Gasteiger partial charge in [-0.3, -0.25) is 0 Å². The van der Waals surface area contributed by atoms with Crippen molar-refractivity contribution in [1.82, 2.24) is 0 Å². The summed E-state index contributed by atoms with van der Waals surface area (Å²) in [4.78, 5) is 2.09. The maximum Gasteiger partial charge on any atom is 0.123 e. The van der Waals surface area contributed by atoms with E-state index >= 15 is 0 Å². The van der Waals surface area contributed by atoms with E-state index in [9.17, 15) is 5.11 Å². The highest BCUT2D eigenvalue weighted by atomic mass is 16.3. The fourth-order valence-corrected chi connectivity index (χ4v) is 3.15. The van der Waals surface area contributed by atoms with Crippen molar-refractivity contribution in [3.05, 3.63) is 126 Å². The normalized spacial score (nSPS) is 14.7. The van der Waals surface area contributed by atoms with E-state index in [0.717, 1.165) is 29.6 Å². The number of rotatable bonds is 7. The second-order valence-corrected chi connectivity index (χ2v) is 7.37. The van der Waals surface area contributed by atoms with Gasteiger partial charge in [0.1, 0.15) is 5.76 Å². The number of benzene rings is 2. The molecule has 2 nitrogen and oxygen atoms in total. The summed E-state index contributed by atoms with van der Waals surface area (Å²) in [6.45, 7) is 0. The Kier molecular flexibility index (Phi) is 7.68. The molecule has 0 radical (unpaired) electrons. The number of anilines is 1. The van der Waals surface area contributed by atoms with Crippen molar-refractivity contribution in [1.29, 1.82) is 0 Å². The summed E-state index contributed by atoms with van der Waals surface area (Å²) in [5.74, 6) is 0.274. The van der Waals surface area contributed by atoms with E-state index < -0.39 is 0 Å². The Morgan fingerprint density at radius 3 is 2.50 bits per heavy atom. The lowest BCUT2D eigenvalue weighted by Gasteiger charge is -2.11. The summed E-state index contributed by atoms with van der Waals surface area (Å²) in [6, 6.07) is 18.7. The van der Waals surface area contributed by atoms with Gasteiger partial charge < -0.3 is 10.0 Å². The van der Waals surface area contributed by atoms with Crippen molar-refractivity contribution in [3.63, 3.8) is 0 Å². The van der Waals surface area contributed by atoms with E-state index in [0.29, 0.717) is 0 Å². The highest BCUT2D eigenvalue weighted by molar-refractivity contribution is 5.75. The smallest absolute Gasteiger partial charge is 0.123 e. The summed E-state index contributed by atoms with van der Waals surface area (Å²) in [5.41, 5.74) is 5.27. The van der Waals surface area contributed by atoms with Gasteiger partial charge in [0.25, 0.3) is 0 Å². The van der Waals surface area contributed by atoms with Gasteiger partial charge in [0.15, 0.2) is 0 Å². The fourth-order valence-electron chi connectivity index (χ4n) is 3.15. The zero-order valence-corrected chi connectivity index (χ0v) is 17.7. The number of hydrogen-bond acceptors (Lipinski definition) is 2. The highest BCUT2D eigenvalue weighted by Crippen LogP contribution is 2.22. The predicted octanol–water partition coefficient (Wildman–Crippen LogP) is 7.12. The number of allylic oxidation sites excluding steroid dienone is 9. The van der Waals surface area contributed by atoms with Crippen molar-refractivity contribution >= 4 is 17.3 Å². The average Bonchev–Trinajstić information content (AvgIpc) is 3.06. The summed E-state index contributed by atoms with van der Waals surface area (Å²) < 4.78 is 0. The van der Waals surface area contributed by atoms with E-state index in [1.54, 1.807) is 0 Å². The first-order valence-corrected chi connectivity index (χ1v) is 10.3. The molecule has 0 amide bonds. The van der Waals surface area contributed by atoms with Crippen LogP contribution in [0.1, 0.15) is 24.0 Å². The third-order valence-electron chi connectivity index (χ3n) is 4.87. The zero-order chi connectivity index (χ0) is 21.2. The lowest BCUT2D eigenvalue weighted by Crippen LogP contribution is -2.07. The SMILES string of the molecule is CN(C)c1ccc(/C=C/C/C=C(\C=C(/O)C2=CC=CCC=C2)c2ccccc2)cc1. The predicted molar refractivity (Wildman–Crippen MR) is 131 cm³/mol. The second-order valence-electron chi connectivity index (χ2n) is 7.37. The van der Waals surface area contributed by atoms with Gasteiger partial charge in [0.2, 0.25) is 0 Å². The monoisotopic (exact) mass is 395 g/mol. The molecule has 0 aromatic heterocycles. The fraction of sp³-hybridized carbons (Fsp3) is 0.143. The van der Waals surface area contributed by atoms with Crippen LogP contribution in [-0.2, 0) is 0 Å². The summed E-state index contributed by atoms with van der Waals surface area (Å²) in [7, 11) is 4.09. The Labute approximate surface area is 180 Å². The van der Waals surface area contributed by atoms with Crippen molar-refractivity contribution in [3.8, 4) is 0 Å². The van der Waals surface area contributed by atoms with Gasteiger partial charge in [-0.2, -0.15) is 0 Å². The molecule has 1 aliphatic rings. The van der Waals surface area contributed by atoms with Crippen LogP contribution in [0.25, 0.3) is 11.6 Å². The first kappa shape index (κ1) is 21.2. The first-order chi connectivity index (χ1) is 14.6. The molecule has 0 spiro atoms. The van der Waals surface area contributed by atoms with Gasteiger partial charge in [-0.05, 0) is 47.8 Å². The maximum atomic E-state index is 10.7. The number of nitrogens with zero attached hydrogens (tertiary/aromatic N) is 1. The largest absolute Gasteiger partial charge is 0.507 e. The van der Waals surface area contributed by atoms with Crippen LogP contribution in [0.5, 0.6) is 0 Å². The summed E-state index contributed by atoms with van der Waals surface area (Å²) >= 11 is 0. The molecule has 152 valence electrons. The Morgan fingerprint density at radius 1 is 1.00 bits per heavy atom. The van der Waals surface area contributed by atoms with Crippen LogP contribution in [0.4, 0.5) is 5.69 Å². The molecular formula is C28H29NO. The topological polar surface area (TPSA) is 23.5 Å². The van der Waals surface area contributed by atoms with E-state index in [-0.39, 0.29) is 5.76 Å². The van der Waals surface area contributed by atoms with Gasteiger partial charge in [0, 0.05) is 25.4 Å². The molecule has 0 saturated heterocycles. The second kappa shape index (κ2) is 10.9. The van der Waals surface area contributed by atoms with Crippen molar-refractivity contribution < 1.29 is 5.11 Å². The molecule has 0 unspecified atom stereocenters. The molecule has 2 aromatic rings. The highest BCUT2D eigenvalue weighted by Gasteiger charge is 2.04. The molecule has 1 N–H and O–H groups in total. The minimum Gasteiger partial charge on any atom is -0.507 e. The Balaban J connectivity index is 1.78. The average molecular weight is 396 g/mol. The molecule has 0 fully saturated rings. The molecule has 3 rings (SSSR count). The molecule has 0 bridgehead atoms. The number of aliphatic hydroxyl groups excluding tert-OH is 1. The van der Waals surface area contributed by atoms with Crippen LogP contribution in [0.2, 0.25) is 0 Å². The van der Waals surface area contributed by atoms with Crippen LogP contribution in [-0.4, -0.2) is 19.2 Å². The molecule has 0 saturated carbocycles. The number of hydrogen-bond donors (Lipinski definition) is 1. The quantitative estimate of drug-likeness (QED) is 0.398. The minimum atomic E-state index is 0.274. The lowest BCUT2D eigenvalue weighted by molar-refractivity contribution is 0.427. The van der Waals surface area contributed by atoms with E-state index in [1.807, 2.05) is 56.6 Å². The van der Waals surface area contributed by atoms with Gasteiger partial charge in [-0.15, -0.1) is 0 Å². The Bertz CT molecular complexity index is 1000. The van der Waals surface area contributed by atoms with Crippen LogP contribution in [0, 0.1) is 0 Å². The Morgan fingerprint density at radius 2 is 1.77 bits per heavy atom. The third-order valence-corrected chi connectivity index (χ3v) is 4.87. The first-order valence-electron chi connectivity index (χ1n) is 10.3. The molecular weight excluding hydrogens is 366 g/mol. The van der Waals surface area contributed by atoms with Crippen LogP contribution in [0.15, 0.2) is 115 Å². The molecule has 1 aliphatic carbocycles. The van der Waals surface area contributed by atoms with Crippen molar-refractivity contribution in [2.24, 2.45) is 0 Å². The number of aliphatic hydroxyl groups is 1. The molecule has 2 aromatic carbocycles. The van der Waals surface area contributed by atoms with Crippen LogP contribution < -0.4 is 4.90 Å². The molecule has 0 aliphatic heterocycles.